The third-order valence-corrected chi connectivity index (χ3v) is 4.93. The van der Waals surface area contributed by atoms with Crippen molar-refractivity contribution in [3.05, 3.63) is 0 Å². The zero-order chi connectivity index (χ0) is 13.8. The van der Waals surface area contributed by atoms with E-state index in [0.717, 1.165) is 38.8 Å². The van der Waals surface area contributed by atoms with E-state index in [2.05, 4.69) is 15.1 Å². The molecule has 2 heterocycles. The lowest BCUT2D eigenvalue weighted by molar-refractivity contribution is -0.116. The lowest BCUT2D eigenvalue weighted by Crippen LogP contribution is -2.48. The Balaban J connectivity index is 1.28. The highest BCUT2D eigenvalue weighted by Gasteiger charge is 2.31. The van der Waals surface area contributed by atoms with Gasteiger partial charge in [-0.2, -0.15) is 0 Å². The first kappa shape index (κ1) is 14.7. The van der Waals surface area contributed by atoms with Crippen molar-refractivity contribution >= 4 is 0 Å². The summed E-state index contributed by atoms with van der Waals surface area (Å²) in [6, 6.07) is 0. The van der Waals surface area contributed by atoms with Crippen LogP contribution in [-0.2, 0) is 4.74 Å². The van der Waals surface area contributed by atoms with Gasteiger partial charge in [0.1, 0.15) is 0 Å². The number of likely N-dealkylation sites (tertiary alicyclic amines) is 1. The van der Waals surface area contributed by atoms with E-state index >= 15 is 0 Å². The number of rotatable bonds is 5. The van der Waals surface area contributed by atoms with Crippen LogP contribution in [0.5, 0.6) is 0 Å². The number of nitrogens with one attached hydrogen (secondary N) is 1. The number of piperidine rings is 1. The van der Waals surface area contributed by atoms with Gasteiger partial charge in [0.05, 0.1) is 18.3 Å². The summed E-state index contributed by atoms with van der Waals surface area (Å²) in [5, 5.41) is 12.7. The number of nitrogens with zero attached hydrogens (tertiary/aromatic N) is 2. The quantitative estimate of drug-likeness (QED) is 0.738. The van der Waals surface area contributed by atoms with Gasteiger partial charge in [0.25, 0.3) is 0 Å². The minimum absolute atomic E-state index is 0.0980. The van der Waals surface area contributed by atoms with Gasteiger partial charge in [-0.25, -0.2) is 0 Å². The van der Waals surface area contributed by atoms with Crippen LogP contribution in [0.2, 0.25) is 0 Å². The lowest BCUT2D eigenvalue weighted by atomic mass is 9.92. The van der Waals surface area contributed by atoms with Crippen molar-refractivity contribution < 1.29 is 9.84 Å². The van der Waals surface area contributed by atoms with Crippen LogP contribution >= 0.6 is 0 Å². The van der Waals surface area contributed by atoms with E-state index in [1.807, 2.05) is 0 Å². The molecule has 0 radical (unpaired) electrons. The molecule has 0 amide bonds. The summed E-state index contributed by atoms with van der Waals surface area (Å²) in [7, 11) is 0. The predicted molar refractivity (Wildman–Crippen MR) is 78.9 cm³/mol. The van der Waals surface area contributed by atoms with Crippen LogP contribution in [0.4, 0.5) is 0 Å². The molecule has 3 rings (SSSR count). The molecule has 3 fully saturated rings. The molecule has 0 unspecified atom stereocenters. The van der Waals surface area contributed by atoms with Gasteiger partial charge < -0.3 is 20.1 Å². The van der Waals surface area contributed by atoms with Gasteiger partial charge in [0, 0.05) is 52.4 Å². The monoisotopic (exact) mass is 283 g/mol. The Morgan fingerprint density at radius 3 is 2.10 bits per heavy atom. The van der Waals surface area contributed by atoms with Crippen LogP contribution in [0.15, 0.2) is 0 Å². The zero-order valence-electron chi connectivity index (χ0n) is 12.5. The van der Waals surface area contributed by atoms with Crippen molar-refractivity contribution in [2.75, 3.05) is 52.4 Å². The number of hydrogen-bond donors (Lipinski definition) is 2. The fraction of sp³-hybridized carbons (Fsp3) is 1.00. The first-order chi connectivity index (χ1) is 9.79. The summed E-state index contributed by atoms with van der Waals surface area (Å²) >= 11 is 0. The largest absolute Gasteiger partial charge is 0.393 e. The van der Waals surface area contributed by atoms with Gasteiger partial charge in [-0.15, -0.1) is 0 Å². The first-order valence-electron chi connectivity index (χ1n) is 8.28. The minimum atomic E-state index is -0.0980. The molecule has 2 saturated heterocycles. The van der Waals surface area contributed by atoms with E-state index in [4.69, 9.17) is 4.74 Å². The van der Waals surface area contributed by atoms with Gasteiger partial charge in [0.15, 0.2) is 0 Å². The summed E-state index contributed by atoms with van der Waals surface area (Å²) in [5.74, 6) is 0. The van der Waals surface area contributed by atoms with Crippen molar-refractivity contribution in [2.45, 2.75) is 44.0 Å². The molecule has 0 atom stereocenters. The zero-order valence-corrected chi connectivity index (χ0v) is 12.5. The topological polar surface area (TPSA) is 48.0 Å². The van der Waals surface area contributed by atoms with E-state index in [-0.39, 0.29) is 6.10 Å². The average molecular weight is 283 g/mol. The van der Waals surface area contributed by atoms with E-state index in [1.165, 1.54) is 39.3 Å². The highest BCUT2D eigenvalue weighted by Crippen LogP contribution is 2.27. The summed E-state index contributed by atoms with van der Waals surface area (Å²) < 4.78 is 6.04. The Morgan fingerprint density at radius 2 is 1.50 bits per heavy atom. The Labute approximate surface area is 122 Å². The van der Waals surface area contributed by atoms with Crippen LogP contribution < -0.4 is 5.32 Å². The molecule has 2 aliphatic heterocycles. The SMILES string of the molecule is OC1CC(OC2CCN(CCN3CCNCC3)CC2)C1. The molecule has 116 valence electrons. The maximum Gasteiger partial charge on any atom is 0.0628 e. The van der Waals surface area contributed by atoms with Crippen LogP contribution in [0, 0.1) is 0 Å². The van der Waals surface area contributed by atoms with Gasteiger partial charge in [0.2, 0.25) is 0 Å². The number of aliphatic hydroxyl groups is 1. The standard InChI is InChI=1S/C15H29N3O2/c19-13-11-15(12-13)20-14-1-5-17(6-2-14)9-10-18-7-3-16-4-8-18/h13-16,19H,1-12H2. The van der Waals surface area contributed by atoms with Crippen LogP contribution in [0.1, 0.15) is 25.7 Å². The predicted octanol–water partition coefficient (Wildman–Crippen LogP) is -0.104. The fourth-order valence-corrected chi connectivity index (χ4v) is 3.41. The average Bonchev–Trinajstić information content (AvgIpc) is 2.46. The Hall–Kier alpha value is -0.200. The number of ether oxygens (including phenoxy) is 1. The minimum Gasteiger partial charge on any atom is -0.393 e. The molecule has 3 aliphatic rings. The van der Waals surface area contributed by atoms with Crippen LogP contribution in [0.3, 0.4) is 0 Å². The summed E-state index contributed by atoms with van der Waals surface area (Å²) in [5.41, 5.74) is 0. The lowest BCUT2D eigenvalue weighted by Gasteiger charge is -2.38. The maximum atomic E-state index is 9.29. The number of piperazine rings is 1. The molecule has 20 heavy (non-hydrogen) atoms. The molecule has 5 nitrogen and oxygen atoms in total. The van der Waals surface area contributed by atoms with Crippen LogP contribution in [-0.4, -0.2) is 85.6 Å². The Morgan fingerprint density at radius 1 is 0.900 bits per heavy atom. The molecule has 1 saturated carbocycles. The van der Waals surface area contributed by atoms with E-state index in [0.29, 0.717) is 12.2 Å². The molecule has 0 spiro atoms. The molecule has 0 aromatic carbocycles. The highest BCUT2D eigenvalue weighted by molar-refractivity contribution is 4.82. The van der Waals surface area contributed by atoms with Crippen molar-refractivity contribution in [2.24, 2.45) is 0 Å². The van der Waals surface area contributed by atoms with Crippen molar-refractivity contribution in [3.63, 3.8) is 0 Å². The smallest absolute Gasteiger partial charge is 0.0628 e. The van der Waals surface area contributed by atoms with Crippen LogP contribution in [0.25, 0.3) is 0 Å². The van der Waals surface area contributed by atoms with Crippen molar-refractivity contribution in [1.29, 1.82) is 0 Å². The van der Waals surface area contributed by atoms with Gasteiger partial charge in [-0.3, -0.25) is 4.90 Å². The molecule has 1 aliphatic carbocycles. The molecular weight excluding hydrogens is 254 g/mol. The third-order valence-electron chi connectivity index (χ3n) is 4.93. The van der Waals surface area contributed by atoms with E-state index in [1.54, 1.807) is 0 Å². The molecule has 0 aromatic rings. The Kier molecular flexibility index (Phi) is 5.29. The normalized spacial score (nSPS) is 34.0. The summed E-state index contributed by atoms with van der Waals surface area (Å²) in [6.45, 7) is 9.44. The molecule has 0 bridgehead atoms. The Bertz CT molecular complexity index is 283. The fourth-order valence-electron chi connectivity index (χ4n) is 3.41. The van der Waals surface area contributed by atoms with Gasteiger partial charge in [-0.05, 0) is 25.7 Å². The second kappa shape index (κ2) is 7.18. The van der Waals surface area contributed by atoms with Crippen molar-refractivity contribution in [1.82, 2.24) is 15.1 Å². The first-order valence-corrected chi connectivity index (χ1v) is 8.28. The second-order valence-corrected chi connectivity index (χ2v) is 6.52. The molecule has 0 aromatic heterocycles. The number of hydrogen-bond acceptors (Lipinski definition) is 5. The second-order valence-electron chi connectivity index (χ2n) is 6.52. The summed E-state index contributed by atoms with van der Waals surface area (Å²) in [6.07, 6.45) is 4.69. The highest BCUT2D eigenvalue weighted by atomic mass is 16.5. The van der Waals surface area contributed by atoms with Gasteiger partial charge >= 0.3 is 0 Å². The van der Waals surface area contributed by atoms with Gasteiger partial charge in [-0.1, -0.05) is 0 Å². The molecular formula is C15H29N3O2. The third kappa shape index (κ3) is 4.15. The molecule has 5 heteroatoms. The summed E-state index contributed by atoms with van der Waals surface area (Å²) in [4.78, 5) is 5.15. The molecule has 2 N–H and O–H groups in total. The number of aliphatic hydroxyl groups excluding tert-OH is 1. The van der Waals surface area contributed by atoms with E-state index < -0.39 is 0 Å². The van der Waals surface area contributed by atoms with E-state index in [9.17, 15) is 5.11 Å². The maximum absolute atomic E-state index is 9.29. The van der Waals surface area contributed by atoms with Crippen molar-refractivity contribution in [3.8, 4) is 0 Å².